The van der Waals surface area contributed by atoms with Gasteiger partial charge in [0, 0.05) is 13.5 Å². The van der Waals surface area contributed by atoms with Crippen LogP contribution >= 0.6 is 11.3 Å². The van der Waals surface area contributed by atoms with Crippen LogP contribution in [0, 0.1) is 0 Å². The number of carbonyl (C=O) groups excluding carboxylic acids is 1. The van der Waals surface area contributed by atoms with Crippen LogP contribution in [0.4, 0.5) is 5.13 Å². The van der Waals surface area contributed by atoms with E-state index in [0.29, 0.717) is 31.5 Å². The lowest BCUT2D eigenvalue weighted by molar-refractivity contribution is -0.0818. The van der Waals surface area contributed by atoms with Crippen molar-refractivity contribution in [3.05, 3.63) is 10.6 Å². The smallest absolute Gasteiger partial charge is 0.356 e. The summed E-state index contributed by atoms with van der Waals surface area (Å²) in [7, 11) is 0. The van der Waals surface area contributed by atoms with Crippen molar-refractivity contribution in [3.63, 3.8) is 0 Å². The van der Waals surface area contributed by atoms with Crippen molar-refractivity contribution < 1.29 is 24.2 Å². The fraction of sp³-hybridized carbons (Fsp3) is 0.545. The second-order valence-electron chi connectivity index (χ2n) is 4.01. The third-order valence-electron chi connectivity index (χ3n) is 2.52. The van der Waals surface area contributed by atoms with Gasteiger partial charge in [-0.3, -0.25) is 4.79 Å². The number of nitrogens with one attached hydrogen (secondary N) is 1. The predicted molar refractivity (Wildman–Crippen MR) is 68.1 cm³/mol. The first-order valence-electron chi connectivity index (χ1n) is 5.76. The molecule has 1 saturated heterocycles. The molecule has 2 rings (SSSR count). The minimum Gasteiger partial charge on any atom is -0.476 e. The van der Waals surface area contributed by atoms with Crippen molar-refractivity contribution in [2.45, 2.75) is 13.0 Å². The number of ketones is 1. The summed E-state index contributed by atoms with van der Waals surface area (Å²) in [6.45, 7) is 3.41. The average Bonchev–Trinajstić information content (AvgIpc) is 2.82. The van der Waals surface area contributed by atoms with E-state index in [9.17, 15) is 9.59 Å². The number of aromatic carboxylic acids is 1. The summed E-state index contributed by atoms with van der Waals surface area (Å²) < 4.78 is 10.7. The highest BCUT2D eigenvalue weighted by Gasteiger charge is 2.21. The van der Waals surface area contributed by atoms with Gasteiger partial charge in [0.1, 0.15) is 4.88 Å². The van der Waals surface area contributed by atoms with Crippen molar-refractivity contribution >= 4 is 28.2 Å². The molecule has 0 spiro atoms. The Morgan fingerprint density at radius 2 is 2.32 bits per heavy atom. The summed E-state index contributed by atoms with van der Waals surface area (Å²) in [4.78, 5) is 26.3. The molecule has 0 saturated carbocycles. The molecular formula is C11H14N2O5S. The van der Waals surface area contributed by atoms with Gasteiger partial charge < -0.3 is 19.9 Å². The van der Waals surface area contributed by atoms with Crippen LogP contribution in [0.2, 0.25) is 0 Å². The highest BCUT2D eigenvalue weighted by Crippen LogP contribution is 2.23. The Morgan fingerprint density at radius 3 is 2.84 bits per heavy atom. The molecule has 0 bridgehead atoms. The first-order chi connectivity index (χ1) is 9.08. The zero-order valence-electron chi connectivity index (χ0n) is 10.3. The number of hydrogen-bond donors (Lipinski definition) is 2. The highest BCUT2D eigenvalue weighted by atomic mass is 32.1. The number of carboxylic acid groups (broad SMARTS) is 1. The molecule has 1 aliphatic heterocycles. The van der Waals surface area contributed by atoms with Crippen LogP contribution in [0.3, 0.4) is 0 Å². The Balaban J connectivity index is 2.02. The van der Waals surface area contributed by atoms with Gasteiger partial charge in [0.25, 0.3) is 0 Å². The lowest BCUT2D eigenvalue weighted by atomic mass is 10.3. The van der Waals surface area contributed by atoms with Crippen LogP contribution in [0.1, 0.15) is 27.1 Å². The van der Waals surface area contributed by atoms with Crippen LogP contribution in [0.25, 0.3) is 0 Å². The first-order valence-corrected chi connectivity index (χ1v) is 6.58. The van der Waals surface area contributed by atoms with E-state index >= 15 is 0 Å². The number of rotatable bonds is 5. The molecule has 1 aromatic heterocycles. The highest BCUT2D eigenvalue weighted by molar-refractivity contribution is 7.17. The number of carbonyl (C=O) groups is 2. The van der Waals surface area contributed by atoms with E-state index < -0.39 is 5.97 Å². The van der Waals surface area contributed by atoms with Gasteiger partial charge >= 0.3 is 5.97 Å². The summed E-state index contributed by atoms with van der Waals surface area (Å²) >= 11 is 1.04. The topological polar surface area (TPSA) is 97.8 Å². The average molecular weight is 286 g/mol. The molecule has 2 heterocycles. The number of hydrogen-bond acceptors (Lipinski definition) is 7. The Morgan fingerprint density at radius 1 is 1.53 bits per heavy atom. The first kappa shape index (κ1) is 13.9. The van der Waals surface area contributed by atoms with Gasteiger partial charge in [0.15, 0.2) is 16.6 Å². The predicted octanol–water partition coefficient (Wildman–Crippen LogP) is 0.871. The molecule has 1 unspecified atom stereocenters. The molecule has 1 fully saturated rings. The molecule has 2 N–H and O–H groups in total. The Labute approximate surface area is 113 Å². The summed E-state index contributed by atoms with van der Waals surface area (Å²) in [6.07, 6.45) is -0.0910. The fourth-order valence-electron chi connectivity index (χ4n) is 1.63. The van der Waals surface area contributed by atoms with E-state index in [1.807, 2.05) is 0 Å². The van der Waals surface area contributed by atoms with Gasteiger partial charge in [0.05, 0.1) is 25.9 Å². The number of aromatic nitrogens is 1. The molecule has 0 aromatic carbocycles. The van der Waals surface area contributed by atoms with Crippen molar-refractivity contribution in [1.82, 2.24) is 4.98 Å². The van der Waals surface area contributed by atoms with Crippen LogP contribution in [-0.2, 0) is 9.47 Å². The molecule has 19 heavy (non-hydrogen) atoms. The third kappa shape index (κ3) is 3.49. The van der Waals surface area contributed by atoms with Crippen LogP contribution in [-0.4, -0.2) is 54.3 Å². The number of carboxylic acids is 1. The second kappa shape index (κ2) is 6.09. The van der Waals surface area contributed by atoms with E-state index in [1.54, 1.807) is 0 Å². The largest absolute Gasteiger partial charge is 0.476 e. The van der Waals surface area contributed by atoms with Crippen LogP contribution < -0.4 is 5.32 Å². The van der Waals surface area contributed by atoms with Gasteiger partial charge in [-0.2, -0.15) is 0 Å². The summed E-state index contributed by atoms with van der Waals surface area (Å²) in [5.41, 5.74) is -0.208. The molecule has 1 aliphatic rings. The van der Waals surface area contributed by atoms with Crippen molar-refractivity contribution in [2.24, 2.45) is 0 Å². The maximum Gasteiger partial charge on any atom is 0.356 e. The SMILES string of the molecule is CC(=O)c1sc(NCC2COCCO2)nc1C(=O)O. The normalized spacial score (nSPS) is 19.1. The Bertz CT molecular complexity index is 450. The zero-order valence-corrected chi connectivity index (χ0v) is 11.2. The number of Topliss-reactive ketones (excluding diaryl/α,β-unsaturated/α-hetero) is 1. The fourth-order valence-corrected chi connectivity index (χ4v) is 2.49. The molecule has 8 heteroatoms. The zero-order chi connectivity index (χ0) is 13.8. The lowest BCUT2D eigenvalue weighted by Gasteiger charge is -2.22. The second-order valence-corrected chi connectivity index (χ2v) is 5.01. The molecule has 104 valence electrons. The standard InChI is InChI=1S/C11H14N2O5S/c1-6(14)9-8(10(15)16)13-11(19-9)12-4-7-5-17-2-3-18-7/h7H,2-5H2,1H3,(H,12,13)(H,15,16). The minimum absolute atomic E-state index is 0.0910. The van der Waals surface area contributed by atoms with Gasteiger partial charge in [0.2, 0.25) is 0 Å². The third-order valence-corrected chi connectivity index (χ3v) is 3.63. The van der Waals surface area contributed by atoms with E-state index in [1.165, 1.54) is 6.92 Å². The van der Waals surface area contributed by atoms with Crippen LogP contribution in [0.15, 0.2) is 0 Å². The number of anilines is 1. The van der Waals surface area contributed by atoms with Gasteiger partial charge in [-0.05, 0) is 0 Å². The molecule has 7 nitrogen and oxygen atoms in total. The van der Waals surface area contributed by atoms with Crippen molar-refractivity contribution in [1.29, 1.82) is 0 Å². The van der Waals surface area contributed by atoms with E-state index in [0.717, 1.165) is 11.3 Å². The van der Waals surface area contributed by atoms with Crippen molar-refractivity contribution in [2.75, 3.05) is 31.7 Å². The summed E-state index contributed by atoms with van der Waals surface area (Å²) in [5, 5.41) is 12.3. The number of nitrogens with zero attached hydrogens (tertiary/aromatic N) is 1. The monoisotopic (exact) mass is 286 g/mol. The van der Waals surface area contributed by atoms with E-state index in [-0.39, 0.29) is 22.5 Å². The van der Waals surface area contributed by atoms with Gasteiger partial charge in [-0.1, -0.05) is 11.3 Å². The number of ether oxygens (including phenoxy) is 2. The maximum atomic E-state index is 11.3. The quantitative estimate of drug-likeness (QED) is 0.775. The van der Waals surface area contributed by atoms with Crippen LogP contribution in [0.5, 0.6) is 0 Å². The Kier molecular flexibility index (Phi) is 4.46. The van der Waals surface area contributed by atoms with Gasteiger partial charge in [-0.25, -0.2) is 9.78 Å². The molecule has 1 aromatic rings. The van der Waals surface area contributed by atoms with Crippen molar-refractivity contribution in [3.8, 4) is 0 Å². The van der Waals surface area contributed by atoms with E-state index in [4.69, 9.17) is 14.6 Å². The molecule has 0 aliphatic carbocycles. The lowest BCUT2D eigenvalue weighted by Crippen LogP contribution is -2.34. The van der Waals surface area contributed by atoms with Gasteiger partial charge in [-0.15, -0.1) is 0 Å². The minimum atomic E-state index is -1.20. The van der Waals surface area contributed by atoms with E-state index in [2.05, 4.69) is 10.3 Å². The molecular weight excluding hydrogens is 272 g/mol. The number of thiazole rings is 1. The molecule has 0 amide bonds. The Hall–Kier alpha value is -1.51. The summed E-state index contributed by atoms with van der Waals surface area (Å²) in [5.74, 6) is -1.51. The molecule has 1 atom stereocenters. The molecule has 0 radical (unpaired) electrons. The summed E-state index contributed by atoms with van der Waals surface area (Å²) in [6, 6.07) is 0. The maximum absolute atomic E-state index is 11.3.